The Morgan fingerprint density at radius 3 is 2.32 bits per heavy atom. The third-order valence-corrected chi connectivity index (χ3v) is 4.75. The van der Waals surface area contributed by atoms with Crippen LogP contribution in [0.1, 0.15) is 27.2 Å². The van der Waals surface area contributed by atoms with Crippen LogP contribution in [0.4, 0.5) is 14.5 Å². The Bertz CT molecular complexity index is 517. The van der Waals surface area contributed by atoms with Gasteiger partial charge in [0.25, 0.3) is 0 Å². The monoisotopic (exact) mass is 291 g/mol. The molecule has 0 aromatic heterocycles. The lowest BCUT2D eigenvalue weighted by Gasteiger charge is -2.22. The first-order valence-electron chi connectivity index (χ1n) is 6.18. The summed E-state index contributed by atoms with van der Waals surface area (Å²) >= 11 is 0. The summed E-state index contributed by atoms with van der Waals surface area (Å²) in [4.78, 5) is -0.347. The maximum Gasteiger partial charge on any atom is 0.341 e. The van der Waals surface area contributed by atoms with Gasteiger partial charge in [-0.05, 0) is 25.0 Å². The number of hydrogen-bond acceptors (Lipinski definition) is 3. The molecule has 1 rings (SSSR count). The smallest absolute Gasteiger partial charge is 0.341 e. The van der Waals surface area contributed by atoms with Crippen molar-refractivity contribution in [1.82, 2.24) is 0 Å². The summed E-state index contributed by atoms with van der Waals surface area (Å²) in [5.41, 5.74) is 0.232. The van der Waals surface area contributed by atoms with Crippen LogP contribution in [0.25, 0.3) is 0 Å². The number of alkyl halides is 2. The zero-order valence-corrected chi connectivity index (χ0v) is 12.0. The normalized spacial score (nSPS) is 15.3. The van der Waals surface area contributed by atoms with Crippen molar-refractivity contribution in [3.8, 4) is 0 Å². The van der Waals surface area contributed by atoms with Gasteiger partial charge in [-0.25, -0.2) is 8.42 Å². The lowest BCUT2D eigenvalue weighted by Crippen LogP contribution is -2.25. The molecule has 3 nitrogen and oxygen atoms in total. The lowest BCUT2D eigenvalue weighted by molar-refractivity contribution is 0.235. The van der Waals surface area contributed by atoms with Crippen LogP contribution in [0.3, 0.4) is 0 Å². The Labute approximate surface area is 112 Å². The quantitative estimate of drug-likeness (QED) is 0.872. The minimum atomic E-state index is -4.58. The van der Waals surface area contributed by atoms with E-state index in [1.54, 1.807) is 6.07 Å². The maximum atomic E-state index is 12.6. The van der Waals surface area contributed by atoms with E-state index < -0.39 is 15.6 Å². The third kappa shape index (κ3) is 3.65. The molecule has 2 atom stereocenters. The van der Waals surface area contributed by atoms with Gasteiger partial charge in [0.2, 0.25) is 9.84 Å². The van der Waals surface area contributed by atoms with Crippen LogP contribution < -0.4 is 5.32 Å². The van der Waals surface area contributed by atoms with Gasteiger partial charge in [-0.15, -0.1) is 0 Å². The summed E-state index contributed by atoms with van der Waals surface area (Å²) in [6, 6.07) is 5.77. The van der Waals surface area contributed by atoms with Crippen molar-refractivity contribution in [2.75, 3.05) is 5.32 Å². The average molecular weight is 291 g/mol. The summed E-state index contributed by atoms with van der Waals surface area (Å²) in [5.74, 6) is -3.10. The molecule has 0 bridgehead atoms. The number of para-hydroxylation sites is 1. The Kier molecular flexibility index (Phi) is 5.29. The van der Waals surface area contributed by atoms with E-state index >= 15 is 0 Å². The lowest BCUT2D eigenvalue weighted by atomic mass is 10.0. The molecular formula is C13H19F2NO2S. The van der Waals surface area contributed by atoms with E-state index in [1.807, 2.05) is 20.8 Å². The van der Waals surface area contributed by atoms with Gasteiger partial charge in [0, 0.05) is 6.04 Å². The van der Waals surface area contributed by atoms with Gasteiger partial charge in [-0.1, -0.05) is 32.4 Å². The highest BCUT2D eigenvalue weighted by Crippen LogP contribution is 2.27. The number of halogens is 2. The topological polar surface area (TPSA) is 46.2 Å². The second kappa shape index (κ2) is 6.32. The van der Waals surface area contributed by atoms with Crippen molar-refractivity contribution < 1.29 is 17.2 Å². The highest BCUT2D eigenvalue weighted by atomic mass is 32.2. The number of anilines is 1. The Morgan fingerprint density at radius 1 is 1.21 bits per heavy atom. The van der Waals surface area contributed by atoms with E-state index in [0.717, 1.165) is 6.42 Å². The predicted octanol–water partition coefficient (Wildman–Crippen LogP) is 3.53. The Morgan fingerprint density at radius 2 is 1.79 bits per heavy atom. The van der Waals surface area contributed by atoms with Crippen LogP contribution in [0.2, 0.25) is 0 Å². The molecule has 0 spiro atoms. The minimum absolute atomic E-state index is 0.000905. The molecule has 1 aromatic carbocycles. The molecule has 1 aromatic rings. The van der Waals surface area contributed by atoms with Crippen molar-refractivity contribution in [1.29, 1.82) is 0 Å². The molecule has 0 aliphatic heterocycles. The number of rotatable bonds is 6. The fourth-order valence-corrected chi connectivity index (χ4v) is 2.56. The van der Waals surface area contributed by atoms with E-state index in [4.69, 9.17) is 0 Å². The maximum absolute atomic E-state index is 12.6. The summed E-state index contributed by atoms with van der Waals surface area (Å²) in [6.07, 6.45) is 0.915. The molecule has 2 unspecified atom stereocenters. The fraction of sp³-hybridized carbons (Fsp3) is 0.538. The molecule has 6 heteroatoms. The summed E-state index contributed by atoms with van der Waals surface area (Å²) in [6.45, 7) is 5.94. The van der Waals surface area contributed by atoms with Crippen LogP contribution in [0.5, 0.6) is 0 Å². The zero-order chi connectivity index (χ0) is 14.6. The van der Waals surface area contributed by atoms with Crippen LogP contribution in [-0.4, -0.2) is 20.2 Å². The third-order valence-electron chi connectivity index (χ3n) is 3.31. The molecule has 108 valence electrons. The summed E-state index contributed by atoms with van der Waals surface area (Å²) in [7, 11) is -4.58. The molecule has 0 amide bonds. The van der Waals surface area contributed by atoms with E-state index in [2.05, 4.69) is 5.32 Å². The number of sulfone groups is 1. The van der Waals surface area contributed by atoms with Crippen molar-refractivity contribution in [3.05, 3.63) is 24.3 Å². The molecule has 19 heavy (non-hydrogen) atoms. The van der Waals surface area contributed by atoms with Crippen molar-refractivity contribution in [2.24, 2.45) is 5.92 Å². The Balaban J connectivity index is 3.11. The van der Waals surface area contributed by atoms with Crippen molar-refractivity contribution in [3.63, 3.8) is 0 Å². The van der Waals surface area contributed by atoms with Gasteiger partial charge in [-0.2, -0.15) is 8.78 Å². The first kappa shape index (κ1) is 15.9. The SMILES string of the molecule is CCC(C)C(C)Nc1ccccc1S(=O)(=O)C(F)F. The molecule has 0 radical (unpaired) electrons. The van der Waals surface area contributed by atoms with Gasteiger partial charge >= 0.3 is 5.76 Å². The van der Waals surface area contributed by atoms with Crippen LogP contribution in [0.15, 0.2) is 29.2 Å². The molecule has 0 saturated heterocycles. The van der Waals surface area contributed by atoms with E-state index in [-0.39, 0.29) is 16.6 Å². The van der Waals surface area contributed by atoms with Gasteiger partial charge in [0.15, 0.2) is 0 Å². The standard InChI is InChI=1S/C13H19F2NO2S/c1-4-9(2)10(3)16-11-7-5-6-8-12(11)19(17,18)13(14)15/h5-10,13,16H,4H2,1-3H3. The van der Waals surface area contributed by atoms with Gasteiger partial charge < -0.3 is 5.32 Å². The van der Waals surface area contributed by atoms with Crippen molar-refractivity contribution in [2.45, 2.75) is 43.9 Å². The molecule has 0 saturated carbocycles. The zero-order valence-electron chi connectivity index (χ0n) is 11.2. The molecule has 1 N–H and O–H groups in total. The van der Waals surface area contributed by atoms with Gasteiger partial charge in [-0.3, -0.25) is 0 Å². The first-order chi connectivity index (χ1) is 8.80. The first-order valence-corrected chi connectivity index (χ1v) is 7.73. The van der Waals surface area contributed by atoms with Crippen LogP contribution in [0, 0.1) is 5.92 Å². The largest absolute Gasteiger partial charge is 0.381 e. The molecule has 0 aliphatic rings. The van der Waals surface area contributed by atoms with Gasteiger partial charge in [0.1, 0.15) is 0 Å². The predicted molar refractivity (Wildman–Crippen MR) is 72.2 cm³/mol. The Hall–Kier alpha value is -1.17. The van der Waals surface area contributed by atoms with Crippen LogP contribution >= 0.6 is 0 Å². The second-order valence-electron chi connectivity index (χ2n) is 4.62. The van der Waals surface area contributed by atoms with Crippen molar-refractivity contribution >= 4 is 15.5 Å². The molecule has 0 heterocycles. The number of hydrogen-bond donors (Lipinski definition) is 1. The van der Waals surface area contributed by atoms with E-state index in [9.17, 15) is 17.2 Å². The van der Waals surface area contributed by atoms with E-state index in [1.165, 1.54) is 18.2 Å². The average Bonchev–Trinajstić information content (AvgIpc) is 2.37. The van der Waals surface area contributed by atoms with Crippen LogP contribution in [-0.2, 0) is 9.84 Å². The molecular weight excluding hydrogens is 272 g/mol. The minimum Gasteiger partial charge on any atom is -0.381 e. The highest BCUT2D eigenvalue weighted by molar-refractivity contribution is 7.91. The fourth-order valence-electron chi connectivity index (χ4n) is 1.67. The molecule has 0 aliphatic carbocycles. The summed E-state index contributed by atoms with van der Waals surface area (Å²) < 4.78 is 48.4. The van der Waals surface area contributed by atoms with Gasteiger partial charge in [0.05, 0.1) is 10.6 Å². The number of benzene rings is 1. The molecule has 0 fully saturated rings. The highest BCUT2D eigenvalue weighted by Gasteiger charge is 2.29. The van der Waals surface area contributed by atoms with E-state index in [0.29, 0.717) is 5.92 Å². The summed E-state index contributed by atoms with van der Waals surface area (Å²) in [5, 5.41) is 3.01. The second-order valence-corrected chi connectivity index (χ2v) is 6.51. The number of nitrogens with one attached hydrogen (secondary N) is 1.